The molecule has 0 aliphatic rings. The minimum Gasteiger partial charge on any atom is -0.394 e. The third-order valence-electron chi connectivity index (χ3n) is 14.2. The van der Waals surface area contributed by atoms with Crippen LogP contribution in [0, 0.1) is 0 Å². The Morgan fingerprint density at radius 2 is 0.612 bits per heavy atom. The summed E-state index contributed by atoms with van der Waals surface area (Å²) in [5, 5.41) is 33.8. The fraction of sp³-hybridized carbons (Fsp3) is 0.887. The van der Waals surface area contributed by atoms with E-state index in [0.717, 1.165) is 44.9 Å². The van der Waals surface area contributed by atoms with Gasteiger partial charge in [-0.05, 0) is 77.0 Å². The van der Waals surface area contributed by atoms with E-state index in [2.05, 4.69) is 55.6 Å². The highest BCUT2D eigenvalue weighted by Crippen LogP contribution is 2.17. The zero-order chi connectivity index (χ0) is 48.6. The van der Waals surface area contributed by atoms with Crippen molar-refractivity contribution in [2.45, 2.75) is 347 Å². The number of carbonyl (C=O) groups is 1. The molecule has 0 rings (SSSR count). The number of unbranched alkanes of at least 4 members (excludes halogenated alkanes) is 42. The first-order valence-corrected chi connectivity index (χ1v) is 30.3. The van der Waals surface area contributed by atoms with Gasteiger partial charge in [-0.2, -0.15) is 0 Å². The molecule has 0 aliphatic carbocycles. The second-order valence-corrected chi connectivity index (χ2v) is 20.9. The van der Waals surface area contributed by atoms with Gasteiger partial charge in [0.2, 0.25) is 5.91 Å². The molecule has 0 aliphatic heterocycles. The van der Waals surface area contributed by atoms with Crippen LogP contribution in [0.2, 0.25) is 0 Å². The summed E-state index contributed by atoms with van der Waals surface area (Å²) < 4.78 is 0. The van der Waals surface area contributed by atoms with Crippen LogP contribution < -0.4 is 5.32 Å². The summed E-state index contributed by atoms with van der Waals surface area (Å²) in [6.07, 6.45) is 74.7. The molecule has 0 bridgehead atoms. The van der Waals surface area contributed by atoms with E-state index >= 15 is 0 Å². The summed E-state index contributed by atoms with van der Waals surface area (Å²) in [5.74, 6) is -0.153. The molecule has 1 amide bonds. The Bertz CT molecular complexity index is 1040. The second-order valence-electron chi connectivity index (χ2n) is 20.9. The molecule has 0 saturated heterocycles. The molecule has 0 heterocycles. The van der Waals surface area contributed by atoms with Gasteiger partial charge in [-0.25, -0.2) is 0 Å². The number of nitrogens with one attached hydrogen (secondary N) is 1. The number of aliphatic hydroxyl groups is 3. The summed E-state index contributed by atoms with van der Waals surface area (Å²) in [4.78, 5) is 12.5. The first-order valence-electron chi connectivity index (χ1n) is 30.3. The van der Waals surface area contributed by atoms with Crippen LogP contribution >= 0.6 is 0 Å². The van der Waals surface area contributed by atoms with Gasteiger partial charge in [-0.1, -0.05) is 281 Å². The Morgan fingerprint density at radius 1 is 0.358 bits per heavy atom. The Labute approximate surface area is 419 Å². The van der Waals surface area contributed by atoms with Crippen molar-refractivity contribution < 1.29 is 20.1 Å². The zero-order valence-electron chi connectivity index (χ0n) is 45.3. The van der Waals surface area contributed by atoms with E-state index in [1.54, 1.807) is 0 Å². The lowest BCUT2D eigenvalue weighted by molar-refractivity contribution is -0.124. The lowest BCUT2D eigenvalue weighted by atomic mass is 10.0. The van der Waals surface area contributed by atoms with Crippen LogP contribution in [0.1, 0.15) is 328 Å². The SMILES string of the molecule is CCCCCCCCCCCCCC/C=C\CCCCCCCCCCCCCCCCCCC(=O)NC(CO)C(O)C(O)CCC/C=C/CC/C=C/CCCCCCCCCCCCCC. The fourth-order valence-electron chi connectivity index (χ4n) is 9.53. The normalized spacial score (nSPS) is 13.4. The molecule has 0 spiro atoms. The van der Waals surface area contributed by atoms with Crippen molar-refractivity contribution in [2.24, 2.45) is 0 Å². The Balaban J connectivity index is 3.54. The topological polar surface area (TPSA) is 89.8 Å². The van der Waals surface area contributed by atoms with E-state index in [-0.39, 0.29) is 12.5 Å². The number of hydrogen-bond donors (Lipinski definition) is 4. The highest BCUT2D eigenvalue weighted by molar-refractivity contribution is 5.76. The van der Waals surface area contributed by atoms with E-state index in [1.165, 1.54) is 257 Å². The smallest absolute Gasteiger partial charge is 0.220 e. The quantitative estimate of drug-likeness (QED) is 0.0361. The molecule has 0 aromatic heterocycles. The Kier molecular flexibility index (Phi) is 55.9. The van der Waals surface area contributed by atoms with E-state index in [1.807, 2.05) is 0 Å². The highest BCUT2D eigenvalue weighted by atomic mass is 16.3. The van der Waals surface area contributed by atoms with Crippen molar-refractivity contribution in [1.82, 2.24) is 5.32 Å². The molecule has 0 radical (unpaired) electrons. The van der Waals surface area contributed by atoms with Gasteiger partial charge in [0.25, 0.3) is 0 Å². The van der Waals surface area contributed by atoms with Gasteiger partial charge >= 0.3 is 0 Å². The summed E-state index contributed by atoms with van der Waals surface area (Å²) in [5.41, 5.74) is 0. The molecule has 67 heavy (non-hydrogen) atoms. The Hall–Kier alpha value is -1.43. The maximum absolute atomic E-state index is 12.5. The minimum atomic E-state index is -1.17. The van der Waals surface area contributed by atoms with E-state index < -0.39 is 18.2 Å². The van der Waals surface area contributed by atoms with Gasteiger partial charge in [0.05, 0.1) is 18.8 Å². The predicted octanol–water partition coefficient (Wildman–Crippen LogP) is 19.0. The van der Waals surface area contributed by atoms with E-state index in [0.29, 0.717) is 12.8 Å². The number of carbonyl (C=O) groups excluding carboxylic acids is 1. The van der Waals surface area contributed by atoms with Gasteiger partial charge in [0.15, 0.2) is 0 Å². The van der Waals surface area contributed by atoms with Crippen molar-refractivity contribution in [1.29, 1.82) is 0 Å². The lowest BCUT2D eigenvalue weighted by Gasteiger charge is -2.26. The molecular weight excluding hydrogens is 823 g/mol. The lowest BCUT2D eigenvalue weighted by Crippen LogP contribution is -2.50. The van der Waals surface area contributed by atoms with Crippen LogP contribution in [-0.2, 0) is 4.79 Å². The number of allylic oxidation sites excluding steroid dienone is 6. The van der Waals surface area contributed by atoms with Crippen LogP contribution in [0.3, 0.4) is 0 Å². The van der Waals surface area contributed by atoms with Crippen molar-refractivity contribution in [2.75, 3.05) is 6.61 Å². The van der Waals surface area contributed by atoms with Gasteiger partial charge < -0.3 is 20.6 Å². The summed E-state index contributed by atoms with van der Waals surface area (Å²) >= 11 is 0. The van der Waals surface area contributed by atoms with Crippen LogP contribution in [-0.4, -0.2) is 46.1 Å². The summed E-state index contributed by atoms with van der Waals surface area (Å²) in [6.45, 7) is 4.20. The summed E-state index contributed by atoms with van der Waals surface area (Å²) in [6, 6.07) is -0.832. The maximum Gasteiger partial charge on any atom is 0.220 e. The number of amides is 1. The number of hydrogen-bond acceptors (Lipinski definition) is 4. The van der Waals surface area contributed by atoms with Crippen molar-refractivity contribution in [3.05, 3.63) is 36.5 Å². The molecule has 3 atom stereocenters. The minimum absolute atomic E-state index is 0.153. The average molecular weight is 943 g/mol. The summed E-state index contributed by atoms with van der Waals surface area (Å²) in [7, 11) is 0. The third-order valence-corrected chi connectivity index (χ3v) is 14.2. The first kappa shape index (κ1) is 65.6. The predicted molar refractivity (Wildman–Crippen MR) is 296 cm³/mol. The van der Waals surface area contributed by atoms with Crippen molar-refractivity contribution in [3.63, 3.8) is 0 Å². The molecular formula is C62H119NO4. The van der Waals surface area contributed by atoms with Gasteiger partial charge in [-0.3, -0.25) is 4.79 Å². The molecule has 5 heteroatoms. The molecule has 396 valence electrons. The molecule has 5 nitrogen and oxygen atoms in total. The van der Waals surface area contributed by atoms with Gasteiger partial charge in [0.1, 0.15) is 6.10 Å². The van der Waals surface area contributed by atoms with Crippen LogP contribution in [0.15, 0.2) is 36.5 Å². The largest absolute Gasteiger partial charge is 0.394 e. The molecule has 0 fully saturated rings. The van der Waals surface area contributed by atoms with Gasteiger partial charge in [0, 0.05) is 6.42 Å². The van der Waals surface area contributed by atoms with Crippen molar-refractivity contribution in [3.8, 4) is 0 Å². The van der Waals surface area contributed by atoms with Crippen molar-refractivity contribution >= 4 is 5.91 Å². The average Bonchev–Trinajstić information content (AvgIpc) is 3.33. The fourth-order valence-corrected chi connectivity index (χ4v) is 9.53. The standard InChI is InChI=1S/C62H119NO4/c1-3-5-7-9-11-13-15-17-19-21-23-25-26-27-28-29-30-31-32-33-34-35-37-39-41-43-45-47-49-51-53-55-57-61(66)63-59(58-64)62(67)60(65)56-54-52-50-48-46-44-42-40-38-36-24-22-20-18-16-14-12-10-8-6-4-2/h27-28,40,42,48,50,59-60,62,64-65,67H,3-26,29-39,41,43-47,49,51-58H2,1-2H3,(H,63,66)/b28-27-,42-40+,50-48+. The molecule has 0 aromatic carbocycles. The molecule has 3 unspecified atom stereocenters. The second kappa shape index (κ2) is 57.2. The highest BCUT2D eigenvalue weighted by Gasteiger charge is 2.26. The van der Waals surface area contributed by atoms with Crippen LogP contribution in [0.25, 0.3) is 0 Å². The molecule has 0 saturated carbocycles. The third kappa shape index (κ3) is 52.2. The molecule has 0 aromatic rings. The Morgan fingerprint density at radius 3 is 0.910 bits per heavy atom. The first-order chi connectivity index (χ1) is 33.1. The number of rotatable bonds is 56. The number of aliphatic hydroxyl groups excluding tert-OH is 3. The monoisotopic (exact) mass is 942 g/mol. The zero-order valence-corrected chi connectivity index (χ0v) is 45.3. The maximum atomic E-state index is 12.5. The molecule has 4 N–H and O–H groups in total. The van der Waals surface area contributed by atoms with E-state index in [4.69, 9.17) is 0 Å². The van der Waals surface area contributed by atoms with Gasteiger partial charge in [-0.15, -0.1) is 0 Å². The van der Waals surface area contributed by atoms with Crippen LogP contribution in [0.5, 0.6) is 0 Å². The van der Waals surface area contributed by atoms with Crippen LogP contribution in [0.4, 0.5) is 0 Å². The van der Waals surface area contributed by atoms with E-state index in [9.17, 15) is 20.1 Å².